The first-order chi connectivity index (χ1) is 13.3. The van der Waals surface area contributed by atoms with Gasteiger partial charge in [-0.1, -0.05) is 25.5 Å². The molecule has 0 saturated carbocycles. The van der Waals surface area contributed by atoms with E-state index < -0.39 is 5.60 Å². The molecule has 0 spiro atoms. The molecule has 0 atom stereocenters. The van der Waals surface area contributed by atoms with Gasteiger partial charge in [0.1, 0.15) is 11.4 Å². The Bertz CT molecular complexity index is 646. The molecule has 156 valence electrons. The molecule has 2 rings (SSSR count). The van der Waals surface area contributed by atoms with Crippen LogP contribution in [0.25, 0.3) is 0 Å². The molecular formula is C22H34N2O4. The molecule has 6 nitrogen and oxygen atoms in total. The number of unbranched alkanes of at least 4 members (excludes halogenated alkanes) is 1. The van der Waals surface area contributed by atoms with Crippen molar-refractivity contribution in [1.29, 1.82) is 0 Å². The Balaban J connectivity index is 1.76. The summed E-state index contributed by atoms with van der Waals surface area (Å²) in [4.78, 5) is 26.3. The van der Waals surface area contributed by atoms with Crippen molar-refractivity contribution in [2.45, 2.75) is 65.5 Å². The van der Waals surface area contributed by atoms with Crippen molar-refractivity contribution in [2.75, 3.05) is 19.7 Å². The minimum Gasteiger partial charge on any atom is -0.494 e. The lowest BCUT2D eigenvalue weighted by Gasteiger charge is -2.32. The van der Waals surface area contributed by atoms with Gasteiger partial charge < -0.3 is 19.7 Å². The summed E-state index contributed by atoms with van der Waals surface area (Å²) in [7, 11) is 0. The van der Waals surface area contributed by atoms with Gasteiger partial charge in [-0.3, -0.25) is 4.79 Å². The number of hydrogen-bond acceptors (Lipinski definition) is 4. The van der Waals surface area contributed by atoms with Crippen LogP contribution in [0.4, 0.5) is 4.79 Å². The highest BCUT2D eigenvalue weighted by Crippen LogP contribution is 2.20. The molecule has 0 aromatic heterocycles. The second-order valence-electron chi connectivity index (χ2n) is 8.31. The molecule has 1 aromatic carbocycles. The Hall–Kier alpha value is -2.24. The zero-order valence-corrected chi connectivity index (χ0v) is 17.6. The number of rotatable bonds is 7. The third kappa shape index (κ3) is 7.41. The van der Waals surface area contributed by atoms with Gasteiger partial charge in [-0.25, -0.2) is 4.79 Å². The van der Waals surface area contributed by atoms with E-state index in [-0.39, 0.29) is 17.9 Å². The molecule has 1 aromatic rings. The maximum Gasteiger partial charge on any atom is 0.410 e. The topological polar surface area (TPSA) is 67.9 Å². The largest absolute Gasteiger partial charge is 0.494 e. The molecule has 0 bridgehead atoms. The zero-order chi connectivity index (χ0) is 20.6. The van der Waals surface area contributed by atoms with Gasteiger partial charge in [0.25, 0.3) is 0 Å². The van der Waals surface area contributed by atoms with Crippen molar-refractivity contribution < 1.29 is 19.1 Å². The number of amides is 2. The fourth-order valence-corrected chi connectivity index (χ4v) is 3.06. The van der Waals surface area contributed by atoms with Crippen LogP contribution in [-0.4, -0.2) is 42.2 Å². The smallest absolute Gasteiger partial charge is 0.410 e. The molecule has 0 radical (unpaired) electrons. The van der Waals surface area contributed by atoms with E-state index in [1.165, 1.54) is 0 Å². The predicted molar refractivity (Wildman–Crippen MR) is 109 cm³/mol. The van der Waals surface area contributed by atoms with Gasteiger partial charge in [0, 0.05) is 25.6 Å². The Morgan fingerprint density at radius 1 is 1.21 bits per heavy atom. The van der Waals surface area contributed by atoms with Gasteiger partial charge in [-0.2, -0.15) is 0 Å². The molecule has 28 heavy (non-hydrogen) atoms. The molecule has 0 unspecified atom stereocenters. The molecule has 0 aliphatic carbocycles. The van der Waals surface area contributed by atoms with E-state index in [4.69, 9.17) is 9.47 Å². The van der Waals surface area contributed by atoms with Crippen LogP contribution in [0.2, 0.25) is 0 Å². The summed E-state index contributed by atoms with van der Waals surface area (Å²) in [6, 6.07) is 7.84. The second-order valence-corrected chi connectivity index (χ2v) is 8.31. The van der Waals surface area contributed by atoms with E-state index in [1.54, 1.807) is 4.90 Å². The van der Waals surface area contributed by atoms with Gasteiger partial charge in [-0.15, -0.1) is 0 Å². The standard InChI is InChI=1S/C22H34N2O4/c1-5-6-14-27-19-9-7-8-17(15-19)16-23-20(25)18-10-12-24(13-11-18)21(26)28-22(2,3)4/h7-9,15,18H,5-6,10-14,16H2,1-4H3,(H,23,25). The first-order valence-corrected chi connectivity index (χ1v) is 10.3. The van der Waals surface area contributed by atoms with Crippen LogP contribution < -0.4 is 10.1 Å². The van der Waals surface area contributed by atoms with Crippen molar-refractivity contribution in [3.8, 4) is 5.75 Å². The number of nitrogens with one attached hydrogen (secondary N) is 1. The van der Waals surface area contributed by atoms with Crippen LogP contribution in [0.15, 0.2) is 24.3 Å². The first-order valence-electron chi connectivity index (χ1n) is 10.3. The lowest BCUT2D eigenvalue weighted by molar-refractivity contribution is -0.126. The Labute approximate surface area is 168 Å². The van der Waals surface area contributed by atoms with Crippen LogP contribution in [-0.2, 0) is 16.1 Å². The van der Waals surface area contributed by atoms with Gasteiger partial charge in [-0.05, 0) is 57.7 Å². The molecular weight excluding hydrogens is 356 g/mol. The van der Waals surface area contributed by atoms with Crippen molar-refractivity contribution in [2.24, 2.45) is 5.92 Å². The van der Waals surface area contributed by atoms with E-state index in [1.807, 2.05) is 45.0 Å². The maximum atomic E-state index is 12.5. The summed E-state index contributed by atoms with van der Waals surface area (Å²) < 4.78 is 11.1. The van der Waals surface area contributed by atoms with E-state index >= 15 is 0 Å². The van der Waals surface area contributed by atoms with Crippen LogP contribution in [0.3, 0.4) is 0 Å². The van der Waals surface area contributed by atoms with E-state index in [9.17, 15) is 9.59 Å². The van der Waals surface area contributed by atoms with Crippen molar-refractivity contribution >= 4 is 12.0 Å². The Kier molecular flexibility index (Phi) is 8.15. The number of hydrogen-bond donors (Lipinski definition) is 1. The second kappa shape index (κ2) is 10.3. The van der Waals surface area contributed by atoms with Crippen molar-refractivity contribution in [3.63, 3.8) is 0 Å². The quantitative estimate of drug-likeness (QED) is 0.711. The Morgan fingerprint density at radius 2 is 1.93 bits per heavy atom. The SMILES string of the molecule is CCCCOc1cccc(CNC(=O)C2CCN(C(=O)OC(C)(C)C)CC2)c1. The van der Waals surface area contributed by atoms with Gasteiger partial charge >= 0.3 is 6.09 Å². The molecule has 1 heterocycles. The summed E-state index contributed by atoms with van der Waals surface area (Å²) in [6.07, 6.45) is 3.15. The molecule has 6 heteroatoms. The van der Waals surface area contributed by atoms with Crippen LogP contribution in [0, 0.1) is 5.92 Å². The average molecular weight is 391 g/mol. The van der Waals surface area contributed by atoms with Crippen LogP contribution in [0.1, 0.15) is 58.9 Å². The lowest BCUT2D eigenvalue weighted by Crippen LogP contribution is -2.44. The maximum absolute atomic E-state index is 12.5. The van der Waals surface area contributed by atoms with Gasteiger partial charge in [0.2, 0.25) is 5.91 Å². The molecule has 1 saturated heterocycles. The van der Waals surface area contributed by atoms with E-state index in [2.05, 4.69) is 12.2 Å². The number of ether oxygens (including phenoxy) is 2. The normalized spacial score (nSPS) is 15.2. The summed E-state index contributed by atoms with van der Waals surface area (Å²) in [5, 5.41) is 3.02. The summed E-state index contributed by atoms with van der Waals surface area (Å²) in [5.74, 6) is 0.815. The predicted octanol–water partition coefficient (Wildman–Crippen LogP) is 4.13. The number of likely N-dealkylation sites (tertiary alicyclic amines) is 1. The number of carbonyl (C=O) groups is 2. The monoisotopic (exact) mass is 390 g/mol. The molecule has 1 aliphatic heterocycles. The highest BCUT2D eigenvalue weighted by atomic mass is 16.6. The minimum absolute atomic E-state index is 0.0427. The molecule has 2 amide bonds. The summed E-state index contributed by atoms with van der Waals surface area (Å²) in [6.45, 7) is 9.99. The van der Waals surface area contributed by atoms with Crippen molar-refractivity contribution in [1.82, 2.24) is 10.2 Å². The van der Waals surface area contributed by atoms with Gasteiger partial charge in [0.05, 0.1) is 6.61 Å². The van der Waals surface area contributed by atoms with E-state index in [0.29, 0.717) is 39.1 Å². The van der Waals surface area contributed by atoms with Crippen LogP contribution >= 0.6 is 0 Å². The average Bonchev–Trinajstić information content (AvgIpc) is 2.65. The highest BCUT2D eigenvalue weighted by Gasteiger charge is 2.29. The highest BCUT2D eigenvalue weighted by molar-refractivity contribution is 5.79. The minimum atomic E-state index is -0.500. The third-order valence-corrected chi connectivity index (χ3v) is 4.65. The molecule has 1 N–H and O–H groups in total. The number of carbonyl (C=O) groups excluding carboxylic acids is 2. The summed E-state index contributed by atoms with van der Waals surface area (Å²) in [5.41, 5.74) is 0.522. The Morgan fingerprint density at radius 3 is 2.57 bits per heavy atom. The first kappa shape index (κ1) is 22.1. The fraction of sp³-hybridized carbons (Fsp3) is 0.636. The number of benzene rings is 1. The van der Waals surface area contributed by atoms with Crippen molar-refractivity contribution in [3.05, 3.63) is 29.8 Å². The van der Waals surface area contributed by atoms with E-state index in [0.717, 1.165) is 24.2 Å². The molecule has 1 fully saturated rings. The number of piperidine rings is 1. The zero-order valence-electron chi connectivity index (χ0n) is 17.6. The molecule has 1 aliphatic rings. The van der Waals surface area contributed by atoms with Gasteiger partial charge in [0.15, 0.2) is 0 Å². The summed E-state index contributed by atoms with van der Waals surface area (Å²) >= 11 is 0. The van der Waals surface area contributed by atoms with Crippen LogP contribution in [0.5, 0.6) is 5.75 Å². The fourth-order valence-electron chi connectivity index (χ4n) is 3.06. The third-order valence-electron chi connectivity index (χ3n) is 4.65. The lowest BCUT2D eigenvalue weighted by atomic mass is 9.96. The number of nitrogens with zero attached hydrogens (tertiary/aromatic N) is 1.